The van der Waals surface area contributed by atoms with Crippen LogP contribution in [0.3, 0.4) is 0 Å². The van der Waals surface area contributed by atoms with Crippen molar-refractivity contribution in [2.45, 2.75) is 46.5 Å². The van der Waals surface area contributed by atoms with Crippen molar-refractivity contribution in [2.75, 3.05) is 0 Å². The van der Waals surface area contributed by atoms with Gasteiger partial charge in [-0.05, 0) is 70.9 Å². The molecule has 4 heterocycles. The number of ether oxygens (including phenoxy) is 1. The maximum absolute atomic E-state index is 6.43. The molecular weight excluding hydrogens is 798 g/mol. The van der Waals surface area contributed by atoms with Gasteiger partial charge in [0.15, 0.2) is 0 Å². The molecule has 0 saturated carbocycles. The predicted molar refractivity (Wildman–Crippen MR) is 195 cm³/mol. The fourth-order valence-electron chi connectivity index (χ4n) is 6.55. The Hall–Kier alpha value is -5.06. The van der Waals surface area contributed by atoms with Gasteiger partial charge in [0.05, 0.1) is 16.7 Å². The number of pyridine rings is 2. The zero-order valence-electron chi connectivity index (χ0n) is 28.7. The van der Waals surface area contributed by atoms with Crippen LogP contribution in [-0.4, -0.2) is 19.1 Å². The summed E-state index contributed by atoms with van der Waals surface area (Å²) in [5, 5.41) is 2.22. The van der Waals surface area contributed by atoms with Crippen LogP contribution in [0.4, 0.5) is 0 Å². The average Bonchev–Trinajstić information content (AvgIpc) is 3.64. The van der Waals surface area contributed by atoms with Gasteiger partial charge in [-0.3, -0.25) is 4.57 Å². The second-order valence-electron chi connectivity index (χ2n) is 14.0. The minimum atomic E-state index is -0.0121. The quantitative estimate of drug-likeness (QED) is 0.119. The molecule has 6 nitrogen and oxygen atoms in total. The molecule has 0 aliphatic rings. The van der Waals surface area contributed by atoms with E-state index < -0.39 is 0 Å². The van der Waals surface area contributed by atoms with Crippen molar-refractivity contribution >= 4 is 32.8 Å². The van der Waals surface area contributed by atoms with Crippen LogP contribution in [0.2, 0.25) is 0 Å². The molecule has 0 aliphatic heterocycles. The van der Waals surface area contributed by atoms with Crippen molar-refractivity contribution in [3.63, 3.8) is 0 Å². The fourth-order valence-corrected chi connectivity index (χ4v) is 6.55. The Morgan fingerprint density at radius 1 is 0.800 bits per heavy atom. The summed E-state index contributed by atoms with van der Waals surface area (Å²) in [4.78, 5) is 9.35. The van der Waals surface area contributed by atoms with E-state index in [2.05, 4.69) is 152 Å². The number of hydrogen-bond acceptors (Lipinski definition) is 3. The Kier molecular flexibility index (Phi) is 8.92. The number of nitrogens with zero attached hydrogens (tertiary/aromatic N) is 5. The molecule has 0 radical (unpaired) electrons. The summed E-state index contributed by atoms with van der Waals surface area (Å²) < 4.78 is 12.7. The summed E-state index contributed by atoms with van der Waals surface area (Å²) in [6.07, 6.45) is 9.94. The summed E-state index contributed by atoms with van der Waals surface area (Å²) in [5.41, 5.74) is 8.30. The number of rotatable bonds is 7. The topological polar surface area (TPSA) is 48.8 Å². The van der Waals surface area contributed by atoms with E-state index in [-0.39, 0.29) is 26.5 Å². The molecule has 50 heavy (non-hydrogen) atoms. The van der Waals surface area contributed by atoms with Gasteiger partial charge < -0.3 is 18.9 Å². The molecule has 4 aromatic heterocycles. The van der Waals surface area contributed by atoms with Crippen LogP contribution < -0.4 is 9.30 Å². The molecule has 0 N–H and O–H groups in total. The first-order chi connectivity index (χ1) is 23.7. The third-order valence-corrected chi connectivity index (χ3v) is 8.87. The van der Waals surface area contributed by atoms with Crippen LogP contribution in [0.5, 0.6) is 11.5 Å². The normalized spacial score (nSPS) is 11.8. The Balaban J connectivity index is 0.00000392. The van der Waals surface area contributed by atoms with Gasteiger partial charge in [0.1, 0.15) is 5.82 Å². The van der Waals surface area contributed by atoms with Gasteiger partial charge in [-0.2, -0.15) is 6.07 Å². The minimum absolute atomic E-state index is 0. The van der Waals surface area contributed by atoms with E-state index >= 15 is 0 Å². The molecule has 0 atom stereocenters. The van der Waals surface area contributed by atoms with Crippen molar-refractivity contribution in [2.24, 2.45) is 5.92 Å². The third-order valence-electron chi connectivity index (χ3n) is 8.87. The summed E-state index contributed by atoms with van der Waals surface area (Å²) >= 11 is 0. The maximum Gasteiger partial charge on any atom is 0.268 e. The van der Waals surface area contributed by atoms with Crippen molar-refractivity contribution in [1.82, 2.24) is 19.1 Å². The first kappa shape index (κ1) is 33.4. The number of para-hydroxylation sites is 3. The maximum atomic E-state index is 6.43. The largest absolute Gasteiger partial charge is 0.508 e. The van der Waals surface area contributed by atoms with Gasteiger partial charge in [-0.25, -0.2) is 4.98 Å². The molecule has 0 spiro atoms. The fraction of sp³-hybridized carbons (Fsp3) is 0.186. The van der Waals surface area contributed by atoms with Gasteiger partial charge in [-0.1, -0.05) is 106 Å². The molecule has 8 rings (SSSR count). The zero-order valence-corrected chi connectivity index (χ0v) is 31.0. The summed E-state index contributed by atoms with van der Waals surface area (Å²) in [6, 6.07) is 40.7. The Bertz CT molecular complexity index is 2490. The van der Waals surface area contributed by atoms with Gasteiger partial charge >= 0.3 is 0 Å². The summed E-state index contributed by atoms with van der Waals surface area (Å²) in [7, 11) is 0. The van der Waals surface area contributed by atoms with E-state index in [1.807, 2.05) is 22.9 Å². The van der Waals surface area contributed by atoms with Gasteiger partial charge in [0, 0.05) is 44.3 Å². The molecular formula is C43H37N5OPt-2. The predicted octanol–water partition coefficient (Wildman–Crippen LogP) is 9.48. The van der Waals surface area contributed by atoms with E-state index in [9.17, 15) is 0 Å². The average molecular weight is 835 g/mol. The molecule has 0 unspecified atom stereocenters. The smallest absolute Gasteiger partial charge is 0.268 e. The van der Waals surface area contributed by atoms with Crippen LogP contribution in [0, 0.1) is 24.4 Å². The van der Waals surface area contributed by atoms with Crippen LogP contribution in [0.1, 0.15) is 45.7 Å². The van der Waals surface area contributed by atoms with E-state index in [4.69, 9.17) is 9.72 Å². The molecule has 0 fully saturated rings. The summed E-state index contributed by atoms with van der Waals surface area (Å²) in [5.74, 6) is 2.48. The number of aromatic nitrogens is 5. The van der Waals surface area contributed by atoms with Crippen LogP contribution in [0.15, 0.2) is 116 Å². The minimum Gasteiger partial charge on any atom is -0.508 e. The molecule has 252 valence electrons. The van der Waals surface area contributed by atoms with E-state index in [0.717, 1.165) is 56.5 Å². The first-order valence-corrected chi connectivity index (χ1v) is 16.7. The van der Waals surface area contributed by atoms with Crippen molar-refractivity contribution < 1.29 is 30.4 Å². The standard InChI is InChI=1S/C43H37N5O.Pt/c1-29(2)21-30-11-10-12-32(22-30)46-28-47(40-16-9-8-15-39(40)46)33-24-35(27-44-26-33)49-34-17-18-37-36-13-6-7-14-38(36)48(41(37)25-34)42-23-31(19-20-45-42)43(3,4)5;/h6-20,22-23,26-27,29H,21H2,1-5H3;/q-2;. The Morgan fingerprint density at radius 3 is 2.42 bits per heavy atom. The molecule has 7 heteroatoms. The summed E-state index contributed by atoms with van der Waals surface area (Å²) in [6.45, 7) is 11.1. The SMILES string of the molecule is CC(C)Cc1cccc(-[n+]2[c-]n(-c3[c-]c(Oc4[c-]c5c(cc4)c4ccccc4n5-c4cc(C(C)(C)C)ccn4)cnc3)c3ccccc32)c1.[Pt]. The number of fused-ring (bicyclic) bond motifs is 4. The Labute approximate surface area is 307 Å². The number of benzene rings is 4. The first-order valence-electron chi connectivity index (χ1n) is 16.7. The van der Waals surface area contributed by atoms with Crippen molar-refractivity contribution in [3.05, 3.63) is 145 Å². The third kappa shape index (κ3) is 6.25. The van der Waals surface area contributed by atoms with E-state index in [1.165, 1.54) is 11.1 Å². The molecule has 0 saturated heterocycles. The molecule has 0 bridgehead atoms. The number of hydrogen-bond donors (Lipinski definition) is 0. The van der Waals surface area contributed by atoms with Crippen molar-refractivity contribution in [3.8, 4) is 28.7 Å². The van der Waals surface area contributed by atoms with Crippen LogP contribution in [-0.2, 0) is 32.9 Å². The van der Waals surface area contributed by atoms with Crippen LogP contribution >= 0.6 is 0 Å². The van der Waals surface area contributed by atoms with Gasteiger partial charge in [0.2, 0.25) is 0 Å². The molecule has 0 amide bonds. The molecule has 0 aliphatic carbocycles. The molecule has 8 aromatic rings. The van der Waals surface area contributed by atoms with E-state index in [1.54, 1.807) is 12.4 Å². The second kappa shape index (κ2) is 13.3. The van der Waals surface area contributed by atoms with Crippen LogP contribution in [0.25, 0.3) is 50.0 Å². The monoisotopic (exact) mass is 834 g/mol. The number of imidazole rings is 1. The van der Waals surface area contributed by atoms with Crippen molar-refractivity contribution in [1.29, 1.82) is 0 Å². The Morgan fingerprint density at radius 2 is 1.60 bits per heavy atom. The second-order valence-corrected chi connectivity index (χ2v) is 14.0. The van der Waals surface area contributed by atoms with E-state index in [0.29, 0.717) is 17.4 Å². The molecule has 4 aromatic carbocycles. The zero-order chi connectivity index (χ0) is 33.7. The van der Waals surface area contributed by atoms with Gasteiger partial charge in [-0.15, -0.1) is 23.6 Å². The van der Waals surface area contributed by atoms with Gasteiger partial charge in [0.25, 0.3) is 6.33 Å².